The third-order valence-corrected chi connectivity index (χ3v) is 6.68. The predicted octanol–water partition coefficient (Wildman–Crippen LogP) is 4.90. The highest BCUT2D eigenvalue weighted by Crippen LogP contribution is 2.29. The summed E-state index contributed by atoms with van der Waals surface area (Å²) in [6.45, 7) is 8.21. The standard InChI is InChI=1S/C22H24ClNO3S/c1-15-5-10-18(13-20(15)23)24(19-11-12-28(26,27)14-19)21(25)16-6-8-17(9-7-16)22(2,3)4/h5-13,19H,14H2,1-4H3/t19-/m0/s1. The number of rotatable bonds is 3. The van der Waals surface area contributed by atoms with Crippen LogP contribution in [0.15, 0.2) is 53.9 Å². The molecule has 0 spiro atoms. The quantitative estimate of drug-likeness (QED) is 0.713. The molecule has 0 saturated heterocycles. The molecule has 0 N–H and O–H groups in total. The van der Waals surface area contributed by atoms with Crippen LogP contribution in [0.2, 0.25) is 5.02 Å². The van der Waals surface area contributed by atoms with Crippen molar-refractivity contribution in [3.8, 4) is 0 Å². The van der Waals surface area contributed by atoms with Gasteiger partial charge in [-0.1, -0.05) is 50.6 Å². The van der Waals surface area contributed by atoms with Gasteiger partial charge < -0.3 is 4.90 Å². The Hall–Kier alpha value is -2.11. The number of sulfone groups is 1. The fourth-order valence-electron chi connectivity index (χ4n) is 3.16. The van der Waals surface area contributed by atoms with Gasteiger partial charge in [0.15, 0.2) is 9.84 Å². The molecule has 1 atom stereocenters. The Morgan fingerprint density at radius 1 is 1.11 bits per heavy atom. The normalized spacial score (nSPS) is 18.2. The molecular formula is C22H24ClNO3S. The molecule has 1 heterocycles. The maximum atomic E-state index is 13.4. The van der Waals surface area contributed by atoms with Crippen LogP contribution in [0.4, 0.5) is 5.69 Å². The van der Waals surface area contributed by atoms with E-state index in [1.165, 1.54) is 10.3 Å². The van der Waals surface area contributed by atoms with Gasteiger partial charge in [0.05, 0.1) is 11.8 Å². The Balaban J connectivity index is 2.02. The van der Waals surface area contributed by atoms with E-state index in [1.807, 2.05) is 25.1 Å². The highest BCUT2D eigenvalue weighted by Gasteiger charge is 2.32. The fraction of sp³-hybridized carbons (Fsp3) is 0.318. The van der Waals surface area contributed by atoms with Gasteiger partial charge in [-0.15, -0.1) is 0 Å². The summed E-state index contributed by atoms with van der Waals surface area (Å²) in [5, 5.41) is 1.71. The summed E-state index contributed by atoms with van der Waals surface area (Å²) < 4.78 is 23.9. The van der Waals surface area contributed by atoms with Crippen molar-refractivity contribution in [3.05, 3.63) is 75.7 Å². The van der Waals surface area contributed by atoms with Gasteiger partial charge in [0, 0.05) is 21.7 Å². The number of amides is 1. The molecule has 2 aromatic rings. The van der Waals surface area contributed by atoms with Gasteiger partial charge in [-0.05, 0) is 53.8 Å². The van der Waals surface area contributed by atoms with E-state index in [2.05, 4.69) is 20.8 Å². The summed E-state index contributed by atoms with van der Waals surface area (Å²) in [4.78, 5) is 14.9. The molecule has 0 bridgehead atoms. The van der Waals surface area contributed by atoms with Gasteiger partial charge in [0.25, 0.3) is 5.91 Å². The van der Waals surface area contributed by atoms with Crippen molar-refractivity contribution in [2.45, 2.75) is 39.2 Å². The Morgan fingerprint density at radius 2 is 1.75 bits per heavy atom. The number of aryl methyl sites for hydroxylation is 1. The second-order valence-electron chi connectivity index (χ2n) is 8.16. The van der Waals surface area contributed by atoms with E-state index in [1.54, 1.807) is 30.3 Å². The minimum atomic E-state index is -3.32. The SMILES string of the molecule is Cc1ccc(N(C(=O)c2ccc(C(C)(C)C)cc2)[C@H]2C=CS(=O)(=O)C2)cc1Cl. The van der Waals surface area contributed by atoms with Crippen LogP contribution in [0, 0.1) is 6.92 Å². The number of carbonyl (C=O) groups is 1. The van der Waals surface area contributed by atoms with E-state index in [-0.39, 0.29) is 17.1 Å². The molecule has 28 heavy (non-hydrogen) atoms. The number of hydrogen-bond donors (Lipinski definition) is 0. The largest absolute Gasteiger partial charge is 0.300 e. The van der Waals surface area contributed by atoms with Crippen molar-refractivity contribution in [1.29, 1.82) is 0 Å². The summed E-state index contributed by atoms with van der Waals surface area (Å²) in [6.07, 6.45) is 1.56. The maximum absolute atomic E-state index is 13.4. The highest BCUT2D eigenvalue weighted by atomic mass is 35.5. The van der Waals surface area contributed by atoms with Crippen LogP contribution in [0.25, 0.3) is 0 Å². The van der Waals surface area contributed by atoms with Crippen LogP contribution >= 0.6 is 11.6 Å². The average molecular weight is 418 g/mol. The van der Waals surface area contributed by atoms with Crippen molar-refractivity contribution in [2.24, 2.45) is 0 Å². The average Bonchev–Trinajstić information content (AvgIpc) is 2.97. The van der Waals surface area contributed by atoms with Crippen molar-refractivity contribution in [2.75, 3.05) is 10.7 Å². The van der Waals surface area contributed by atoms with Gasteiger partial charge in [-0.2, -0.15) is 0 Å². The molecule has 148 valence electrons. The van der Waals surface area contributed by atoms with E-state index >= 15 is 0 Å². The topological polar surface area (TPSA) is 54.5 Å². The van der Waals surface area contributed by atoms with Gasteiger partial charge in [-0.3, -0.25) is 4.79 Å². The van der Waals surface area contributed by atoms with Crippen molar-refractivity contribution in [1.82, 2.24) is 0 Å². The highest BCUT2D eigenvalue weighted by molar-refractivity contribution is 7.94. The van der Waals surface area contributed by atoms with Crippen LogP contribution in [0.5, 0.6) is 0 Å². The molecule has 0 radical (unpaired) electrons. The van der Waals surface area contributed by atoms with Gasteiger partial charge >= 0.3 is 0 Å². The first-order valence-corrected chi connectivity index (χ1v) is 11.2. The number of benzene rings is 2. The molecule has 0 unspecified atom stereocenters. The minimum Gasteiger partial charge on any atom is -0.300 e. The molecule has 1 aliphatic rings. The number of halogens is 1. The molecule has 1 amide bonds. The fourth-order valence-corrected chi connectivity index (χ4v) is 4.61. The van der Waals surface area contributed by atoms with Crippen molar-refractivity contribution in [3.63, 3.8) is 0 Å². The molecule has 6 heteroatoms. The third kappa shape index (κ3) is 4.31. The lowest BCUT2D eigenvalue weighted by molar-refractivity contribution is 0.0983. The van der Waals surface area contributed by atoms with Crippen LogP contribution in [-0.4, -0.2) is 26.1 Å². The Bertz CT molecular complexity index is 1030. The molecule has 1 aliphatic heterocycles. The molecule has 4 nitrogen and oxygen atoms in total. The number of anilines is 1. The molecule has 0 fully saturated rings. The summed E-state index contributed by atoms with van der Waals surface area (Å²) in [7, 11) is -3.32. The van der Waals surface area contributed by atoms with Crippen LogP contribution in [0.1, 0.15) is 42.3 Å². The number of carbonyl (C=O) groups excluding carboxylic acids is 1. The molecule has 3 rings (SSSR count). The second kappa shape index (κ2) is 7.37. The van der Waals surface area contributed by atoms with Crippen LogP contribution in [-0.2, 0) is 15.3 Å². The Kier molecular flexibility index (Phi) is 5.43. The minimum absolute atomic E-state index is 0.0198. The van der Waals surface area contributed by atoms with E-state index in [4.69, 9.17) is 11.6 Å². The molecule has 0 saturated carbocycles. The zero-order valence-electron chi connectivity index (χ0n) is 16.4. The Morgan fingerprint density at radius 3 is 2.25 bits per heavy atom. The van der Waals surface area contributed by atoms with Gasteiger partial charge in [0.1, 0.15) is 0 Å². The lowest BCUT2D eigenvalue weighted by Gasteiger charge is -2.28. The van der Waals surface area contributed by atoms with E-state index in [0.717, 1.165) is 11.1 Å². The maximum Gasteiger partial charge on any atom is 0.258 e. The summed E-state index contributed by atoms with van der Waals surface area (Å²) in [5.41, 5.74) is 3.07. The first kappa shape index (κ1) is 20.6. The van der Waals surface area contributed by atoms with E-state index < -0.39 is 15.9 Å². The Labute approximate surface area is 171 Å². The summed E-state index contributed by atoms with van der Waals surface area (Å²) in [6, 6.07) is 12.2. The second-order valence-corrected chi connectivity index (χ2v) is 10.5. The summed E-state index contributed by atoms with van der Waals surface area (Å²) in [5.74, 6) is -0.392. The lowest BCUT2D eigenvalue weighted by Crippen LogP contribution is -2.41. The number of nitrogens with zero attached hydrogens (tertiary/aromatic N) is 1. The first-order chi connectivity index (χ1) is 13.0. The number of hydrogen-bond acceptors (Lipinski definition) is 3. The zero-order valence-corrected chi connectivity index (χ0v) is 18.0. The van der Waals surface area contributed by atoms with Gasteiger partial charge in [-0.25, -0.2) is 8.42 Å². The summed E-state index contributed by atoms with van der Waals surface area (Å²) >= 11 is 6.27. The van der Waals surface area contributed by atoms with Crippen LogP contribution < -0.4 is 4.90 Å². The van der Waals surface area contributed by atoms with Gasteiger partial charge in [0.2, 0.25) is 0 Å². The van der Waals surface area contributed by atoms with Crippen molar-refractivity contribution >= 4 is 33.0 Å². The zero-order chi connectivity index (χ0) is 20.7. The monoisotopic (exact) mass is 417 g/mol. The molecule has 0 aromatic heterocycles. The molecule has 0 aliphatic carbocycles. The van der Waals surface area contributed by atoms with Crippen molar-refractivity contribution < 1.29 is 13.2 Å². The molecule has 2 aromatic carbocycles. The van der Waals surface area contributed by atoms with Crippen LogP contribution in [0.3, 0.4) is 0 Å². The lowest BCUT2D eigenvalue weighted by atomic mass is 9.86. The third-order valence-electron chi connectivity index (χ3n) is 4.89. The molecular weight excluding hydrogens is 394 g/mol. The van der Waals surface area contributed by atoms with E-state index in [0.29, 0.717) is 16.3 Å². The predicted molar refractivity (Wildman–Crippen MR) is 115 cm³/mol. The smallest absolute Gasteiger partial charge is 0.258 e. The van der Waals surface area contributed by atoms with E-state index in [9.17, 15) is 13.2 Å². The first-order valence-electron chi connectivity index (χ1n) is 9.09.